The van der Waals surface area contributed by atoms with Gasteiger partial charge in [0.25, 0.3) is 0 Å². The van der Waals surface area contributed by atoms with E-state index < -0.39 is 0 Å². The Morgan fingerprint density at radius 1 is 1.18 bits per heavy atom. The average Bonchev–Trinajstić information content (AvgIpc) is 2.50. The van der Waals surface area contributed by atoms with Crippen LogP contribution in [0, 0.1) is 5.92 Å². The van der Waals surface area contributed by atoms with Crippen molar-refractivity contribution < 1.29 is 9.90 Å². The lowest BCUT2D eigenvalue weighted by molar-refractivity contribution is 0.0575. The Labute approximate surface area is 132 Å². The van der Waals surface area contributed by atoms with E-state index in [0.29, 0.717) is 6.54 Å². The number of amides is 2. The van der Waals surface area contributed by atoms with Gasteiger partial charge in [-0.2, -0.15) is 0 Å². The number of rotatable bonds is 4. The minimum absolute atomic E-state index is 0.129. The third-order valence-corrected chi connectivity index (χ3v) is 4.36. The maximum Gasteiger partial charge on any atom is 0.321 e. The van der Waals surface area contributed by atoms with Crippen LogP contribution in [-0.2, 0) is 0 Å². The van der Waals surface area contributed by atoms with Gasteiger partial charge in [0.05, 0.1) is 6.10 Å². The van der Waals surface area contributed by atoms with Gasteiger partial charge in [-0.15, -0.1) is 0 Å². The predicted molar refractivity (Wildman–Crippen MR) is 90.4 cm³/mol. The number of carbonyl (C=O) groups is 1. The second-order valence-electron chi connectivity index (χ2n) is 6.36. The summed E-state index contributed by atoms with van der Waals surface area (Å²) in [4.78, 5) is 15.9. The molecule has 1 aromatic rings. The molecule has 0 aromatic heterocycles. The SMILES string of the molecule is CN(CC1CCCCC1O)C(=O)Nc1ccc(N(C)C)cc1. The van der Waals surface area contributed by atoms with Crippen molar-refractivity contribution in [2.24, 2.45) is 5.92 Å². The Morgan fingerprint density at radius 3 is 2.41 bits per heavy atom. The fourth-order valence-electron chi connectivity index (χ4n) is 2.90. The van der Waals surface area contributed by atoms with E-state index in [1.165, 1.54) is 0 Å². The lowest BCUT2D eigenvalue weighted by Gasteiger charge is -2.31. The monoisotopic (exact) mass is 305 g/mol. The Kier molecular flexibility index (Phi) is 5.66. The summed E-state index contributed by atoms with van der Waals surface area (Å²) in [5, 5.41) is 12.9. The molecule has 0 radical (unpaired) electrons. The van der Waals surface area contributed by atoms with Crippen molar-refractivity contribution in [3.8, 4) is 0 Å². The summed E-state index contributed by atoms with van der Waals surface area (Å²) in [5.74, 6) is 0.195. The molecular formula is C17H27N3O2. The van der Waals surface area contributed by atoms with Gasteiger partial charge in [-0.3, -0.25) is 0 Å². The fourth-order valence-corrected chi connectivity index (χ4v) is 2.90. The molecule has 0 aliphatic heterocycles. The number of aliphatic hydroxyl groups is 1. The van der Waals surface area contributed by atoms with E-state index in [9.17, 15) is 9.90 Å². The van der Waals surface area contributed by atoms with Crippen molar-refractivity contribution >= 4 is 17.4 Å². The van der Waals surface area contributed by atoms with Crippen LogP contribution < -0.4 is 10.2 Å². The van der Waals surface area contributed by atoms with Gasteiger partial charge in [0, 0.05) is 45.0 Å². The van der Waals surface area contributed by atoms with Crippen LogP contribution in [0.15, 0.2) is 24.3 Å². The summed E-state index contributed by atoms with van der Waals surface area (Å²) in [6, 6.07) is 7.61. The molecule has 122 valence electrons. The maximum absolute atomic E-state index is 12.2. The van der Waals surface area contributed by atoms with Crippen LogP contribution in [0.5, 0.6) is 0 Å². The smallest absolute Gasteiger partial charge is 0.321 e. The molecule has 0 heterocycles. The van der Waals surface area contributed by atoms with Crippen LogP contribution in [0.25, 0.3) is 0 Å². The molecule has 0 bridgehead atoms. The van der Waals surface area contributed by atoms with Gasteiger partial charge in [-0.05, 0) is 37.1 Å². The summed E-state index contributed by atoms with van der Waals surface area (Å²) >= 11 is 0. The molecule has 2 N–H and O–H groups in total. The summed E-state index contributed by atoms with van der Waals surface area (Å²) in [6.45, 7) is 0.600. The summed E-state index contributed by atoms with van der Waals surface area (Å²) < 4.78 is 0. The zero-order chi connectivity index (χ0) is 16.1. The molecule has 0 spiro atoms. The van der Waals surface area contributed by atoms with Crippen LogP contribution >= 0.6 is 0 Å². The average molecular weight is 305 g/mol. The molecule has 5 nitrogen and oxygen atoms in total. The van der Waals surface area contributed by atoms with E-state index in [0.717, 1.165) is 37.1 Å². The highest BCUT2D eigenvalue weighted by atomic mass is 16.3. The summed E-state index contributed by atoms with van der Waals surface area (Å²) in [7, 11) is 5.75. The first-order valence-corrected chi connectivity index (χ1v) is 7.95. The Hall–Kier alpha value is -1.75. The number of nitrogens with one attached hydrogen (secondary N) is 1. The summed E-state index contributed by atoms with van der Waals surface area (Å²) in [6.07, 6.45) is 3.81. The van der Waals surface area contributed by atoms with E-state index in [1.54, 1.807) is 11.9 Å². The third-order valence-electron chi connectivity index (χ3n) is 4.36. The number of carbonyl (C=O) groups excluding carboxylic acids is 1. The van der Waals surface area contributed by atoms with Crippen LogP contribution in [-0.4, -0.2) is 49.8 Å². The molecule has 2 amide bonds. The zero-order valence-electron chi connectivity index (χ0n) is 13.7. The first-order valence-electron chi connectivity index (χ1n) is 7.95. The zero-order valence-corrected chi connectivity index (χ0v) is 13.7. The molecule has 1 aliphatic rings. The van der Waals surface area contributed by atoms with Crippen molar-refractivity contribution in [1.82, 2.24) is 4.90 Å². The number of aliphatic hydroxyl groups excluding tert-OH is 1. The highest BCUT2D eigenvalue weighted by molar-refractivity contribution is 5.89. The van der Waals surface area contributed by atoms with E-state index in [-0.39, 0.29) is 18.1 Å². The van der Waals surface area contributed by atoms with E-state index >= 15 is 0 Å². The number of urea groups is 1. The Bertz CT molecular complexity index is 487. The first kappa shape index (κ1) is 16.6. The van der Waals surface area contributed by atoms with Crippen LogP contribution in [0.3, 0.4) is 0 Å². The molecule has 1 aliphatic carbocycles. The molecule has 2 rings (SSSR count). The largest absolute Gasteiger partial charge is 0.393 e. The van der Waals surface area contributed by atoms with Gasteiger partial charge in [0.15, 0.2) is 0 Å². The standard InChI is InChI=1S/C17H27N3O2/c1-19(2)15-10-8-14(9-11-15)18-17(22)20(3)12-13-6-4-5-7-16(13)21/h8-11,13,16,21H,4-7,12H2,1-3H3,(H,18,22). The van der Waals surface area contributed by atoms with Crippen molar-refractivity contribution in [3.63, 3.8) is 0 Å². The summed E-state index contributed by atoms with van der Waals surface area (Å²) in [5.41, 5.74) is 1.88. The normalized spacial score (nSPS) is 21.3. The number of hydrogen-bond donors (Lipinski definition) is 2. The van der Waals surface area contributed by atoms with Crippen molar-refractivity contribution in [2.45, 2.75) is 31.8 Å². The molecule has 2 atom stereocenters. The molecule has 5 heteroatoms. The predicted octanol–water partition coefficient (Wildman–Crippen LogP) is 2.77. The molecule has 1 fully saturated rings. The highest BCUT2D eigenvalue weighted by Gasteiger charge is 2.25. The van der Waals surface area contributed by atoms with Crippen molar-refractivity contribution in [3.05, 3.63) is 24.3 Å². The lowest BCUT2D eigenvalue weighted by Crippen LogP contribution is -2.40. The van der Waals surface area contributed by atoms with Crippen molar-refractivity contribution in [2.75, 3.05) is 37.9 Å². The first-order chi connectivity index (χ1) is 10.5. The van der Waals surface area contributed by atoms with E-state index in [2.05, 4.69) is 5.32 Å². The molecule has 1 saturated carbocycles. The van der Waals surface area contributed by atoms with Gasteiger partial charge in [-0.25, -0.2) is 4.79 Å². The highest BCUT2D eigenvalue weighted by Crippen LogP contribution is 2.25. The minimum atomic E-state index is -0.275. The second-order valence-corrected chi connectivity index (χ2v) is 6.36. The van der Waals surface area contributed by atoms with E-state index in [4.69, 9.17) is 0 Å². The molecule has 1 aromatic carbocycles. The van der Waals surface area contributed by atoms with Crippen molar-refractivity contribution in [1.29, 1.82) is 0 Å². The van der Waals surface area contributed by atoms with Gasteiger partial charge in [0.1, 0.15) is 0 Å². The lowest BCUT2D eigenvalue weighted by atomic mass is 9.86. The number of anilines is 2. The topological polar surface area (TPSA) is 55.8 Å². The maximum atomic E-state index is 12.2. The molecule has 22 heavy (non-hydrogen) atoms. The fraction of sp³-hybridized carbons (Fsp3) is 0.588. The van der Waals surface area contributed by atoms with Crippen LogP contribution in [0.2, 0.25) is 0 Å². The molecule has 2 unspecified atom stereocenters. The van der Waals surface area contributed by atoms with Crippen LogP contribution in [0.4, 0.5) is 16.2 Å². The third kappa shape index (κ3) is 4.37. The van der Waals surface area contributed by atoms with Gasteiger partial charge >= 0.3 is 6.03 Å². The van der Waals surface area contributed by atoms with Gasteiger partial charge in [-0.1, -0.05) is 12.8 Å². The Morgan fingerprint density at radius 2 is 1.82 bits per heavy atom. The van der Waals surface area contributed by atoms with E-state index in [1.807, 2.05) is 43.3 Å². The molecular weight excluding hydrogens is 278 g/mol. The van der Waals surface area contributed by atoms with Gasteiger partial charge < -0.3 is 20.2 Å². The number of nitrogens with zero attached hydrogens (tertiary/aromatic N) is 2. The quantitative estimate of drug-likeness (QED) is 0.899. The minimum Gasteiger partial charge on any atom is -0.393 e. The second kappa shape index (κ2) is 7.49. The Balaban J connectivity index is 1.87. The van der Waals surface area contributed by atoms with Crippen LogP contribution in [0.1, 0.15) is 25.7 Å². The van der Waals surface area contributed by atoms with Gasteiger partial charge in [0.2, 0.25) is 0 Å². The number of hydrogen-bond acceptors (Lipinski definition) is 3. The number of benzene rings is 1. The molecule has 0 saturated heterocycles.